The van der Waals surface area contributed by atoms with E-state index in [9.17, 15) is 9.59 Å². The van der Waals surface area contributed by atoms with E-state index in [0.717, 1.165) is 30.6 Å². The number of aryl methyl sites for hydroxylation is 1. The molecule has 0 bridgehead atoms. The second kappa shape index (κ2) is 6.85. The van der Waals surface area contributed by atoms with Crippen molar-refractivity contribution in [3.63, 3.8) is 0 Å². The first-order valence-electron chi connectivity index (χ1n) is 9.58. The number of hydrogen-bond acceptors (Lipinski definition) is 4. The van der Waals surface area contributed by atoms with Crippen molar-refractivity contribution < 1.29 is 9.90 Å². The summed E-state index contributed by atoms with van der Waals surface area (Å²) in [7, 11) is 0. The minimum Gasteiger partial charge on any atom is -0.477 e. The summed E-state index contributed by atoms with van der Waals surface area (Å²) < 4.78 is 0. The molecule has 4 N–H and O–H groups in total. The smallest absolute Gasteiger partial charge is 0.341 e. The SMILES string of the molecule is CCc1cc(C(=O)O)c(=O)[nH]c1-c1ccc(N2C[C@H]3CC[C@@H](N)[C@H]3C2)cc1. The summed E-state index contributed by atoms with van der Waals surface area (Å²) in [5, 5.41) is 9.16. The Kier molecular flexibility index (Phi) is 4.52. The second-order valence-corrected chi connectivity index (χ2v) is 7.69. The summed E-state index contributed by atoms with van der Waals surface area (Å²) in [5.74, 6) is 0.0909. The molecule has 27 heavy (non-hydrogen) atoms. The second-order valence-electron chi connectivity index (χ2n) is 7.69. The molecule has 142 valence electrons. The van der Waals surface area contributed by atoms with Gasteiger partial charge in [-0.2, -0.15) is 0 Å². The molecule has 1 aliphatic heterocycles. The Hall–Kier alpha value is -2.60. The van der Waals surface area contributed by atoms with Gasteiger partial charge in [0.25, 0.3) is 5.56 Å². The van der Waals surface area contributed by atoms with Gasteiger partial charge in [-0.25, -0.2) is 4.79 Å². The van der Waals surface area contributed by atoms with Gasteiger partial charge in [-0.1, -0.05) is 19.1 Å². The van der Waals surface area contributed by atoms with Crippen LogP contribution in [0, 0.1) is 11.8 Å². The summed E-state index contributed by atoms with van der Waals surface area (Å²) in [6.07, 6.45) is 3.00. The summed E-state index contributed by atoms with van der Waals surface area (Å²) >= 11 is 0. The number of nitrogens with two attached hydrogens (primary N) is 1. The monoisotopic (exact) mass is 367 g/mol. The summed E-state index contributed by atoms with van der Waals surface area (Å²) in [6, 6.07) is 9.94. The van der Waals surface area contributed by atoms with Gasteiger partial charge in [-0.3, -0.25) is 4.79 Å². The molecule has 2 heterocycles. The molecule has 0 unspecified atom stereocenters. The van der Waals surface area contributed by atoms with Crippen LogP contribution in [0.1, 0.15) is 35.7 Å². The minimum atomic E-state index is -1.20. The Morgan fingerprint density at radius 2 is 2.00 bits per heavy atom. The van der Waals surface area contributed by atoms with E-state index in [1.54, 1.807) is 0 Å². The molecule has 2 aliphatic rings. The van der Waals surface area contributed by atoms with Gasteiger partial charge in [0.2, 0.25) is 0 Å². The fraction of sp³-hybridized carbons (Fsp3) is 0.429. The number of rotatable bonds is 4. The van der Waals surface area contributed by atoms with Crippen LogP contribution in [0.5, 0.6) is 0 Å². The molecule has 1 aromatic heterocycles. The van der Waals surface area contributed by atoms with E-state index < -0.39 is 11.5 Å². The minimum absolute atomic E-state index is 0.216. The van der Waals surface area contributed by atoms with Gasteiger partial charge in [-0.05, 0) is 60.4 Å². The van der Waals surface area contributed by atoms with Crippen molar-refractivity contribution in [1.29, 1.82) is 0 Å². The predicted octanol–water partition coefficient (Wildman–Crippen LogP) is 2.48. The van der Waals surface area contributed by atoms with Gasteiger partial charge in [0.1, 0.15) is 5.56 Å². The molecular formula is C21H25N3O3. The first kappa shape index (κ1) is 17.8. The summed E-state index contributed by atoms with van der Waals surface area (Å²) in [4.78, 5) is 28.4. The number of fused-ring (bicyclic) bond motifs is 1. The van der Waals surface area contributed by atoms with Crippen LogP contribution in [0.15, 0.2) is 35.1 Å². The summed E-state index contributed by atoms with van der Waals surface area (Å²) in [6.45, 7) is 4.01. The van der Waals surface area contributed by atoms with Crippen molar-refractivity contribution in [2.45, 2.75) is 32.2 Å². The molecule has 1 aromatic carbocycles. The number of aromatic amines is 1. The number of anilines is 1. The number of aromatic carboxylic acids is 1. The first-order chi connectivity index (χ1) is 13.0. The van der Waals surface area contributed by atoms with E-state index in [1.165, 1.54) is 18.2 Å². The molecule has 1 saturated carbocycles. The van der Waals surface area contributed by atoms with Crippen molar-refractivity contribution in [3.05, 3.63) is 51.8 Å². The Morgan fingerprint density at radius 3 is 2.63 bits per heavy atom. The molecule has 0 amide bonds. The van der Waals surface area contributed by atoms with Crippen LogP contribution in [0.4, 0.5) is 5.69 Å². The molecule has 3 atom stereocenters. The van der Waals surface area contributed by atoms with Crippen LogP contribution >= 0.6 is 0 Å². The van der Waals surface area contributed by atoms with E-state index in [2.05, 4.69) is 22.0 Å². The largest absolute Gasteiger partial charge is 0.477 e. The predicted molar refractivity (Wildman–Crippen MR) is 105 cm³/mol. The van der Waals surface area contributed by atoms with Crippen molar-refractivity contribution in [1.82, 2.24) is 4.98 Å². The van der Waals surface area contributed by atoms with Crippen molar-refractivity contribution in [3.8, 4) is 11.3 Å². The van der Waals surface area contributed by atoms with Crippen LogP contribution in [-0.4, -0.2) is 35.2 Å². The van der Waals surface area contributed by atoms with E-state index >= 15 is 0 Å². The number of hydrogen-bond donors (Lipinski definition) is 3. The van der Waals surface area contributed by atoms with Crippen LogP contribution in [0.2, 0.25) is 0 Å². The van der Waals surface area contributed by atoms with Crippen LogP contribution in [0.3, 0.4) is 0 Å². The van der Waals surface area contributed by atoms with E-state index in [1.807, 2.05) is 19.1 Å². The number of pyridine rings is 1. The van der Waals surface area contributed by atoms with Crippen LogP contribution in [-0.2, 0) is 6.42 Å². The third kappa shape index (κ3) is 3.14. The number of nitrogens with zero attached hydrogens (tertiary/aromatic N) is 1. The lowest BCUT2D eigenvalue weighted by atomic mass is 9.98. The molecule has 2 fully saturated rings. The van der Waals surface area contributed by atoms with E-state index in [0.29, 0.717) is 30.0 Å². The highest BCUT2D eigenvalue weighted by Crippen LogP contribution is 2.39. The lowest BCUT2D eigenvalue weighted by molar-refractivity contribution is 0.0695. The fourth-order valence-electron chi connectivity index (χ4n) is 4.63. The van der Waals surface area contributed by atoms with Crippen molar-refractivity contribution in [2.75, 3.05) is 18.0 Å². The zero-order valence-corrected chi connectivity index (χ0v) is 15.4. The van der Waals surface area contributed by atoms with Gasteiger partial charge in [0, 0.05) is 24.8 Å². The summed E-state index contributed by atoms with van der Waals surface area (Å²) in [5.41, 5.74) is 9.03. The highest BCUT2D eigenvalue weighted by atomic mass is 16.4. The zero-order valence-electron chi connectivity index (χ0n) is 15.4. The van der Waals surface area contributed by atoms with Gasteiger partial charge in [0.05, 0.1) is 5.69 Å². The molecular weight excluding hydrogens is 342 g/mol. The lowest BCUT2D eigenvalue weighted by Crippen LogP contribution is -2.30. The molecule has 0 radical (unpaired) electrons. The normalized spacial score (nSPS) is 24.2. The maximum atomic E-state index is 12.1. The van der Waals surface area contributed by atoms with Gasteiger partial charge >= 0.3 is 5.97 Å². The highest BCUT2D eigenvalue weighted by molar-refractivity contribution is 5.88. The molecule has 4 rings (SSSR count). The highest BCUT2D eigenvalue weighted by Gasteiger charge is 2.40. The third-order valence-electron chi connectivity index (χ3n) is 6.17. The maximum Gasteiger partial charge on any atom is 0.341 e. The quantitative estimate of drug-likeness (QED) is 0.771. The fourth-order valence-corrected chi connectivity index (χ4v) is 4.63. The number of H-pyrrole nitrogens is 1. The van der Waals surface area contributed by atoms with Gasteiger partial charge in [-0.15, -0.1) is 0 Å². The number of aromatic nitrogens is 1. The molecule has 2 aromatic rings. The van der Waals surface area contributed by atoms with E-state index in [4.69, 9.17) is 10.8 Å². The maximum absolute atomic E-state index is 12.1. The van der Waals surface area contributed by atoms with E-state index in [-0.39, 0.29) is 5.56 Å². The Labute approximate surface area is 158 Å². The van der Waals surface area contributed by atoms with Gasteiger partial charge in [0.15, 0.2) is 0 Å². The van der Waals surface area contributed by atoms with Crippen LogP contribution in [0.25, 0.3) is 11.3 Å². The number of carboxylic acids is 1. The van der Waals surface area contributed by atoms with Crippen molar-refractivity contribution >= 4 is 11.7 Å². The average molecular weight is 367 g/mol. The Balaban J connectivity index is 1.61. The van der Waals surface area contributed by atoms with Crippen molar-refractivity contribution in [2.24, 2.45) is 17.6 Å². The topological polar surface area (TPSA) is 99.4 Å². The molecule has 1 aliphatic carbocycles. The number of nitrogens with one attached hydrogen (secondary N) is 1. The molecule has 0 spiro atoms. The Bertz CT molecular complexity index is 919. The standard InChI is InChI=1S/C21H25N3O3/c1-2-12-9-16(21(26)27)20(25)23-19(12)13-3-6-15(7-4-13)24-10-14-5-8-18(22)17(14)11-24/h3-4,6-7,9,14,17-18H,2,5,8,10-11,22H2,1H3,(H,23,25)(H,26,27)/t14-,17+,18-/m1/s1. The molecule has 6 heteroatoms. The molecule has 6 nitrogen and oxygen atoms in total. The average Bonchev–Trinajstić information content (AvgIpc) is 3.23. The lowest BCUT2D eigenvalue weighted by Gasteiger charge is -2.21. The zero-order chi connectivity index (χ0) is 19.1. The van der Waals surface area contributed by atoms with Gasteiger partial charge < -0.3 is 20.7 Å². The number of carbonyl (C=O) groups is 1. The van der Waals surface area contributed by atoms with Crippen LogP contribution < -0.4 is 16.2 Å². The Morgan fingerprint density at radius 1 is 1.26 bits per heavy atom. The number of benzene rings is 1. The molecule has 1 saturated heterocycles. The first-order valence-corrected chi connectivity index (χ1v) is 9.58. The third-order valence-corrected chi connectivity index (χ3v) is 6.17. The number of carboxylic acid groups (broad SMARTS) is 1.